The van der Waals surface area contributed by atoms with Crippen LogP contribution in [0.2, 0.25) is 25.7 Å². The van der Waals surface area contributed by atoms with Crippen molar-refractivity contribution < 1.29 is 28.2 Å². The van der Waals surface area contributed by atoms with Crippen LogP contribution in [-0.2, 0) is 14.3 Å². The van der Waals surface area contributed by atoms with Gasteiger partial charge in [-0.3, -0.25) is 9.69 Å². The van der Waals surface area contributed by atoms with Gasteiger partial charge in [0.05, 0.1) is 13.2 Å². The molecule has 0 aromatic rings. The fraction of sp³-hybridized carbons (Fsp3) is 0.857. The van der Waals surface area contributed by atoms with Crippen LogP contribution in [0.15, 0.2) is 0 Å². The Kier molecular flexibility index (Phi) is 8.54. The molecule has 11 heteroatoms. The van der Waals surface area contributed by atoms with Crippen molar-refractivity contribution in [2.24, 2.45) is 5.73 Å². The average molecular weight is 475 g/mol. The molecule has 0 aromatic carbocycles. The van der Waals surface area contributed by atoms with Crippen molar-refractivity contribution in [3.05, 3.63) is 0 Å². The molecule has 0 spiro atoms. The molecule has 4 atom stereocenters. The number of hydrogen-bond donors (Lipinski definition) is 2. The molecule has 2 aliphatic rings. The second kappa shape index (κ2) is 10.4. The van der Waals surface area contributed by atoms with Crippen LogP contribution >= 0.6 is 0 Å². The fourth-order valence-corrected chi connectivity index (χ4v) is 4.56. The molecular weight excluding hydrogens is 435 g/mol. The van der Waals surface area contributed by atoms with E-state index in [1.54, 1.807) is 25.7 Å². The summed E-state index contributed by atoms with van der Waals surface area (Å²) in [6.45, 7) is 12.4. The minimum Gasteiger partial charge on any atom is -0.450 e. The van der Waals surface area contributed by atoms with Gasteiger partial charge in [-0.2, -0.15) is 0 Å². The Morgan fingerprint density at radius 2 is 1.75 bits per heavy atom. The van der Waals surface area contributed by atoms with Crippen LogP contribution in [0.3, 0.4) is 0 Å². The van der Waals surface area contributed by atoms with E-state index >= 15 is 0 Å². The number of carbonyl (C=O) groups is 3. The summed E-state index contributed by atoms with van der Waals surface area (Å²) < 4.78 is 24.8. The zero-order valence-electron chi connectivity index (χ0n) is 20.2. The fourth-order valence-electron chi connectivity index (χ4n) is 3.85. The van der Waals surface area contributed by atoms with Gasteiger partial charge in [0.2, 0.25) is 5.91 Å². The number of amides is 3. The third-order valence-corrected chi connectivity index (χ3v) is 7.23. The number of ether oxygens (including phenoxy) is 2. The molecule has 9 nitrogen and oxygen atoms in total. The lowest BCUT2D eigenvalue weighted by atomic mass is 10.1. The van der Waals surface area contributed by atoms with E-state index in [9.17, 15) is 18.8 Å². The molecule has 1 unspecified atom stereocenters. The maximum absolute atomic E-state index is 14.1. The van der Waals surface area contributed by atoms with E-state index in [1.165, 1.54) is 0 Å². The van der Waals surface area contributed by atoms with Crippen molar-refractivity contribution in [3.63, 3.8) is 0 Å². The maximum atomic E-state index is 14.1. The van der Waals surface area contributed by atoms with Gasteiger partial charge >= 0.3 is 12.2 Å². The summed E-state index contributed by atoms with van der Waals surface area (Å²) in [5.74, 6) is -0.453. The van der Waals surface area contributed by atoms with Crippen molar-refractivity contribution in [3.8, 4) is 0 Å². The standard InChI is InChI=1S/C21H39FN4O5Si/c1-21(2,3)31-20(29)26-12-14(22)9-17(26)18(27)24-15-10-16(11-23)25(13-15)19(28)30-7-8-32(4,5)6/h14-17H,7-13,23H2,1-6H3,(H,24,27)/t14-,15+,16+,17?/m0/s1. The first-order chi connectivity index (χ1) is 14.7. The van der Waals surface area contributed by atoms with Crippen LogP contribution in [0, 0.1) is 0 Å². The number of halogens is 1. The summed E-state index contributed by atoms with van der Waals surface area (Å²) in [5, 5.41) is 2.87. The molecule has 2 rings (SSSR count). The van der Waals surface area contributed by atoms with Gasteiger partial charge in [0.1, 0.15) is 17.8 Å². The number of nitrogens with two attached hydrogens (primary N) is 1. The number of nitrogens with one attached hydrogen (secondary N) is 1. The smallest absolute Gasteiger partial charge is 0.411 e. The van der Waals surface area contributed by atoms with E-state index in [2.05, 4.69) is 25.0 Å². The normalized spacial score (nSPS) is 26.2. The number of likely N-dealkylation sites (tertiary alicyclic amines) is 2. The molecular formula is C21H39FN4O5Si. The highest BCUT2D eigenvalue weighted by molar-refractivity contribution is 6.76. The van der Waals surface area contributed by atoms with E-state index in [0.29, 0.717) is 13.0 Å². The number of hydrogen-bond acceptors (Lipinski definition) is 6. The van der Waals surface area contributed by atoms with Crippen LogP contribution in [0.1, 0.15) is 33.6 Å². The van der Waals surface area contributed by atoms with Gasteiger partial charge in [-0.1, -0.05) is 19.6 Å². The summed E-state index contributed by atoms with van der Waals surface area (Å²) in [6.07, 6.45) is -2.05. The van der Waals surface area contributed by atoms with E-state index in [1.807, 2.05) is 0 Å². The molecule has 3 amide bonds. The monoisotopic (exact) mass is 474 g/mol. The molecule has 2 aliphatic heterocycles. The van der Waals surface area contributed by atoms with Crippen molar-refractivity contribution >= 4 is 26.2 Å². The Morgan fingerprint density at radius 3 is 2.31 bits per heavy atom. The second-order valence-electron chi connectivity index (χ2n) is 10.9. The SMILES string of the molecule is CC(C)(C)OC(=O)N1C[C@@H](F)CC1C(=O)N[C@@H]1C[C@H](CN)N(C(=O)OCC[Si](C)(C)C)C1. The maximum Gasteiger partial charge on any atom is 0.411 e. The molecule has 184 valence electrons. The zero-order chi connectivity index (χ0) is 24.3. The lowest BCUT2D eigenvalue weighted by Crippen LogP contribution is -2.50. The highest BCUT2D eigenvalue weighted by atomic mass is 28.3. The largest absolute Gasteiger partial charge is 0.450 e. The molecule has 2 saturated heterocycles. The van der Waals surface area contributed by atoms with E-state index in [4.69, 9.17) is 15.2 Å². The molecule has 0 aliphatic carbocycles. The molecule has 0 saturated carbocycles. The first-order valence-corrected chi connectivity index (χ1v) is 15.0. The highest BCUT2D eigenvalue weighted by Crippen LogP contribution is 2.25. The third kappa shape index (κ3) is 7.61. The Morgan fingerprint density at radius 1 is 1.09 bits per heavy atom. The third-order valence-electron chi connectivity index (χ3n) is 5.53. The first-order valence-electron chi connectivity index (χ1n) is 11.3. The quantitative estimate of drug-likeness (QED) is 0.571. The van der Waals surface area contributed by atoms with Crippen LogP contribution in [0.4, 0.5) is 14.0 Å². The summed E-state index contributed by atoms with van der Waals surface area (Å²) in [7, 11) is -1.33. The Labute approximate surface area is 191 Å². The van der Waals surface area contributed by atoms with Gasteiger partial charge in [0.25, 0.3) is 0 Å². The van der Waals surface area contributed by atoms with Gasteiger partial charge in [0, 0.05) is 39.7 Å². The molecule has 0 radical (unpaired) electrons. The molecule has 2 heterocycles. The van der Waals surface area contributed by atoms with Gasteiger partial charge in [-0.15, -0.1) is 0 Å². The second-order valence-corrected chi connectivity index (χ2v) is 16.5. The number of rotatable bonds is 6. The Bertz CT molecular complexity index is 697. The summed E-state index contributed by atoms with van der Waals surface area (Å²) in [6, 6.07) is -0.681. The molecule has 0 bridgehead atoms. The average Bonchev–Trinajstić information content (AvgIpc) is 3.22. The molecule has 2 fully saturated rings. The van der Waals surface area contributed by atoms with Crippen molar-refractivity contribution in [2.45, 2.75) is 89.2 Å². The lowest BCUT2D eigenvalue weighted by Gasteiger charge is -2.28. The summed E-state index contributed by atoms with van der Waals surface area (Å²) in [5.41, 5.74) is 5.09. The zero-order valence-corrected chi connectivity index (χ0v) is 21.2. The topological polar surface area (TPSA) is 114 Å². The number of nitrogens with zero attached hydrogens (tertiary/aromatic N) is 2. The number of alkyl halides is 1. The van der Waals surface area contributed by atoms with E-state index in [0.717, 1.165) is 10.9 Å². The molecule has 3 N–H and O–H groups in total. The number of carbonyl (C=O) groups excluding carboxylic acids is 3. The predicted molar refractivity (Wildman–Crippen MR) is 122 cm³/mol. The first kappa shape index (κ1) is 26.4. The molecule has 0 aromatic heterocycles. The van der Waals surface area contributed by atoms with Gasteiger partial charge in [0.15, 0.2) is 0 Å². The van der Waals surface area contributed by atoms with E-state index < -0.39 is 44.0 Å². The minimum absolute atomic E-state index is 0.0828. The lowest BCUT2D eigenvalue weighted by molar-refractivity contribution is -0.126. The van der Waals surface area contributed by atoms with Crippen molar-refractivity contribution in [1.82, 2.24) is 15.1 Å². The van der Waals surface area contributed by atoms with Crippen molar-refractivity contribution in [1.29, 1.82) is 0 Å². The van der Waals surface area contributed by atoms with Crippen LogP contribution in [0.5, 0.6) is 0 Å². The van der Waals surface area contributed by atoms with Crippen LogP contribution < -0.4 is 11.1 Å². The van der Waals surface area contributed by atoms with Gasteiger partial charge in [-0.25, -0.2) is 14.0 Å². The molecule has 32 heavy (non-hydrogen) atoms. The van der Waals surface area contributed by atoms with Crippen LogP contribution in [0.25, 0.3) is 0 Å². The Balaban J connectivity index is 1.95. The van der Waals surface area contributed by atoms with Gasteiger partial charge < -0.3 is 25.4 Å². The van der Waals surface area contributed by atoms with E-state index in [-0.39, 0.29) is 38.1 Å². The van der Waals surface area contributed by atoms with Crippen molar-refractivity contribution in [2.75, 3.05) is 26.2 Å². The predicted octanol–water partition coefficient (Wildman–Crippen LogP) is 2.33. The van der Waals surface area contributed by atoms with Crippen LogP contribution in [-0.4, -0.2) is 92.1 Å². The highest BCUT2D eigenvalue weighted by Gasteiger charge is 2.43. The summed E-state index contributed by atoms with van der Waals surface area (Å²) >= 11 is 0. The minimum atomic E-state index is -1.33. The van der Waals surface area contributed by atoms with Gasteiger partial charge in [-0.05, 0) is 33.2 Å². The Hall–Kier alpha value is -1.88. The summed E-state index contributed by atoms with van der Waals surface area (Å²) in [4.78, 5) is 40.6.